The van der Waals surface area contributed by atoms with Gasteiger partial charge in [-0.3, -0.25) is 0 Å². The first kappa shape index (κ1) is 9.67. The third-order valence-electron chi connectivity index (χ3n) is 2.90. The number of benzene rings is 1. The van der Waals surface area contributed by atoms with Crippen molar-refractivity contribution in [1.29, 1.82) is 0 Å². The van der Waals surface area contributed by atoms with E-state index < -0.39 is 0 Å². The van der Waals surface area contributed by atoms with E-state index >= 15 is 0 Å². The van der Waals surface area contributed by atoms with E-state index in [1.54, 1.807) is 0 Å². The van der Waals surface area contributed by atoms with Gasteiger partial charge in [-0.05, 0) is 30.7 Å². The highest BCUT2D eigenvalue weighted by atomic mass is 35.5. The van der Waals surface area contributed by atoms with Crippen LogP contribution in [0.4, 0.5) is 5.69 Å². The number of rotatable bonds is 0. The summed E-state index contributed by atoms with van der Waals surface area (Å²) in [7, 11) is 0. The lowest BCUT2D eigenvalue weighted by molar-refractivity contribution is 0.544. The summed E-state index contributed by atoms with van der Waals surface area (Å²) in [4.78, 5) is 6.75. The molecular weight excluding hydrogens is 220 g/mol. The number of hydrogen-bond acceptors (Lipinski definition) is 2. The molecule has 2 heterocycles. The van der Waals surface area contributed by atoms with Gasteiger partial charge in [0.25, 0.3) is 0 Å². The summed E-state index contributed by atoms with van der Waals surface area (Å²) >= 11 is 6.21. The normalized spacial score (nSPS) is 16.9. The van der Waals surface area contributed by atoms with Crippen molar-refractivity contribution in [2.75, 3.05) is 0 Å². The van der Waals surface area contributed by atoms with Gasteiger partial charge in [-0.2, -0.15) is 0 Å². The monoisotopic (exact) mass is 230 g/mol. The number of allylic oxidation sites excluding steroid dienone is 2. The molecule has 0 atom stereocenters. The second kappa shape index (κ2) is 3.49. The Morgan fingerprint density at radius 1 is 1.31 bits per heavy atom. The van der Waals surface area contributed by atoms with Crippen LogP contribution in [0, 0.1) is 6.92 Å². The van der Waals surface area contributed by atoms with E-state index in [4.69, 9.17) is 11.6 Å². The topological polar surface area (TPSA) is 15.6 Å². The number of fused-ring (bicyclic) bond motifs is 2. The first-order chi connectivity index (χ1) is 7.75. The minimum absolute atomic E-state index is 0.798. The fourth-order valence-corrected chi connectivity index (χ4v) is 2.23. The van der Waals surface area contributed by atoms with Crippen molar-refractivity contribution >= 4 is 23.1 Å². The zero-order chi connectivity index (χ0) is 11.1. The van der Waals surface area contributed by atoms with Gasteiger partial charge in [-0.1, -0.05) is 23.7 Å². The predicted octanol–water partition coefficient (Wildman–Crippen LogP) is 3.58. The van der Waals surface area contributed by atoms with Gasteiger partial charge in [0.1, 0.15) is 5.84 Å². The quantitative estimate of drug-likeness (QED) is 0.665. The average Bonchev–Trinajstić information content (AvgIpc) is 2.32. The van der Waals surface area contributed by atoms with E-state index in [0.29, 0.717) is 0 Å². The largest absolute Gasteiger partial charge is 0.328 e. The molecule has 2 aliphatic rings. The lowest BCUT2D eigenvalue weighted by atomic mass is 10.1. The molecule has 80 valence electrons. The van der Waals surface area contributed by atoms with Gasteiger partial charge in [-0.25, -0.2) is 4.99 Å². The van der Waals surface area contributed by atoms with Crippen molar-refractivity contribution in [2.45, 2.75) is 13.5 Å². The SMILES string of the molecule is Cc1ccc(Cl)c2c1N=C1C=CC=CN1C2. The van der Waals surface area contributed by atoms with Crippen LogP contribution in [0.2, 0.25) is 5.02 Å². The van der Waals surface area contributed by atoms with Crippen LogP contribution in [-0.2, 0) is 6.54 Å². The van der Waals surface area contributed by atoms with Gasteiger partial charge < -0.3 is 4.90 Å². The molecule has 3 rings (SSSR count). The molecule has 0 fully saturated rings. The number of aliphatic imine (C=N–C) groups is 1. The van der Waals surface area contributed by atoms with Crippen LogP contribution < -0.4 is 0 Å². The average molecular weight is 231 g/mol. The Bertz CT molecular complexity index is 541. The van der Waals surface area contributed by atoms with Gasteiger partial charge in [-0.15, -0.1) is 0 Å². The van der Waals surface area contributed by atoms with Crippen molar-refractivity contribution in [2.24, 2.45) is 4.99 Å². The second-order valence-electron chi connectivity index (χ2n) is 3.99. The Morgan fingerprint density at radius 2 is 2.19 bits per heavy atom. The fourth-order valence-electron chi connectivity index (χ4n) is 2.02. The molecule has 0 unspecified atom stereocenters. The molecule has 0 spiro atoms. The summed E-state index contributed by atoms with van der Waals surface area (Å²) in [6.45, 7) is 2.87. The number of nitrogens with zero attached hydrogens (tertiary/aromatic N) is 2. The van der Waals surface area contributed by atoms with Crippen LogP contribution >= 0.6 is 11.6 Å². The first-order valence-electron chi connectivity index (χ1n) is 5.24. The maximum atomic E-state index is 6.21. The van der Waals surface area contributed by atoms with Crippen LogP contribution in [0.15, 0.2) is 41.6 Å². The van der Waals surface area contributed by atoms with E-state index in [1.165, 1.54) is 5.56 Å². The van der Waals surface area contributed by atoms with Crippen molar-refractivity contribution in [3.05, 3.63) is 52.7 Å². The van der Waals surface area contributed by atoms with Gasteiger partial charge in [0, 0.05) is 16.8 Å². The van der Waals surface area contributed by atoms with Crippen molar-refractivity contribution in [3.8, 4) is 0 Å². The van der Waals surface area contributed by atoms with Crippen LogP contribution in [0.5, 0.6) is 0 Å². The Kier molecular flexibility index (Phi) is 2.11. The highest BCUT2D eigenvalue weighted by Crippen LogP contribution is 2.35. The molecule has 0 saturated carbocycles. The third-order valence-corrected chi connectivity index (χ3v) is 3.25. The predicted molar refractivity (Wildman–Crippen MR) is 67.1 cm³/mol. The van der Waals surface area contributed by atoms with E-state index in [2.05, 4.69) is 16.8 Å². The molecule has 0 N–H and O–H groups in total. The summed E-state index contributed by atoms with van der Waals surface area (Å²) < 4.78 is 0. The Morgan fingerprint density at radius 3 is 3.06 bits per heavy atom. The van der Waals surface area contributed by atoms with E-state index in [1.807, 2.05) is 36.6 Å². The number of amidine groups is 1. The van der Waals surface area contributed by atoms with Crippen LogP contribution in [0.1, 0.15) is 11.1 Å². The van der Waals surface area contributed by atoms with E-state index in [0.717, 1.165) is 28.7 Å². The smallest absolute Gasteiger partial charge is 0.133 e. The molecule has 3 heteroatoms. The molecule has 2 aliphatic heterocycles. The summed E-state index contributed by atoms with van der Waals surface area (Å²) in [5, 5.41) is 0.798. The third kappa shape index (κ3) is 1.38. The standard InChI is InChI=1S/C13H11ClN2/c1-9-5-6-11(14)10-8-16-7-3-2-4-12(16)15-13(9)10/h2-7H,8H2,1H3. The van der Waals surface area contributed by atoms with E-state index in [-0.39, 0.29) is 0 Å². The summed E-state index contributed by atoms with van der Waals surface area (Å²) in [6.07, 6.45) is 8.05. The highest BCUT2D eigenvalue weighted by Gasteiger charge is 2.20. The van der Waals surface area contributed by atoms with E-state index in [9.17, 15) is 0 Å². The molecule has 0 aromatic heterocycles. The number of hydrogen-bond donors (Lipinski definition) is 0. The molecule has 1 aromatic rings. The molecule has 0 amide bonds. The number of aryl methyl sites for hydroxylation is 1. The van der Waals surface area contributed by atoms with Crippen molar-refractivity contribution in [3.63, 3.8) is 0 Å². The second-order valence-corrected chi connectivity index (χ2v) is 4.40. The first-order valence-corrected chi connectivity index (χ1v) is 5.62. The molecule has 2 nitrogen and oxygen atoms in total. The van der Waals surface area contributed by atoms with Gasteiger partial charge >= 0.3 is 0 Å². The zero-order valence-corrected chi connectivity index (χ0v) is 9.70. The van der Waals surface area contributed by atoms with Crippen molar-refractivity contribution in [1.82, 2.24) is 4.90 Å². The Balaban J connectivity index is 2.21. The molecule has 0 saturated heterocycles. The van der Waals surface area contributed by atoms with Crippen molar-refractivity contribution < 1.29 is 0 Å². The lowest BCUT2D eigenvalue weighted by Gasteiger charge is -2.28. The Hall–Kier alpha value is -1.54. The molecule has 0 aliphatic carbocycles. The lowest BCUT2D eigenvalue weighted by Crippen LogP contribution is -2.28. The minimum atomic E-state index is 0.798. The van der Waals surface area contributed by atoms with Gasteiger partial charge in [0.05, 0.1) is 12.2 Å². The van der Waals surface area contributed by atoms with Gasteiger partial charge in [0.15, 0.2) is 0 Å². The maximum absolute atomic E-state index is 6.21. The van der Waals surface area contributed by atoms with Gasteiger partial charge in [0.2, 0.25) is 0 Å². The summed E-state index contributed by atoms with van der Waals surface area (Å²) in [5.74, 6) is 0.986. The summed E-state index contributed by atoms with van der Waals surface area (Å²) in [6, 6.07) is 3.96. The molecular formula is C13H11ClN2. The molecule has 0 bridgehead atoms. The molecule has 1 aromatic carbocycles. The van der Waals surface area contributed by atoms with Crippen LogP contribution in [0.3, 0.4) is 0 Å². The highest BCUT2D eigenvalue weighted by molar-refractivity contribution is 6.31. The minimum Gasteiger partial charge on any atom is -0.328 e. The zero-order valence-electron chi connectivity index (χ0n) is 8.94. The van der Waals surface area contributed by atoms with Crippen LogP contribution in [-0.4, -0.2) is 10.7 Å². The summed E-state index contributed by atoms with van der Waals surface area (Å²) in [5.41, 5.74) is 3.32. The van der Waals surface area contributed by atoms with Crippen LogP contribution in [0.25, 0.3) is 0 Å². The fraction of sp³-hybridized carbons (Fsp3) is 0.154. The molecule has 16 heavy (non-hydrogen) atoms. The number of halogens is 1. The Labute approximate surface area is 99.6 Å². The maximum Gasteiger partial charge on any atom is 0.133 e. The molecule has 0 radical (unpaired) electrons.